The van der Waals surface area contributed by atoms with E-state index in [4.69, 9.17) is 0 Å². The third kappa shape index (κ3) is 2.53. The highest BCUT2D eigenvalue weighted by Gasteiger charge is 2.15. The summed E-state index contributed by atoms with van der Waals surface area (Å²) in [6.07, 6.45) is 1.73. The summed E-state index contributed by atoms with van der Waals surface area (Å²) < 4.78 is 1.47. The molecule has 22 heavy (non-hydrogen) atoms. The van der Waals surface area contributed by atoms with Crippen LogP contribution in [0.5, 0.6) is 0 Å². The molecule has 2 aromatic heterocycles. The molecule has 0 aliphatic carbocycles. The molecule has 0 bridgehead atoms. The van der Waals surface area contributed by atoms with Crippen molar-refractivity contribution in [3.05, 3.63) is 62.5 Å². The minimum Gasteiger partial charge on any atom is -0.316 e. The van der Waals surface area contributed by atoms with Crippen LogP contribution in [0.4, 0.5) is 5.69 Å². The maximum atomic E-state index is 12.5. The lowest BCUT2D eigenvalue weighted by Crippen LogP contribution is -2.24. The summed E-state index contributed by atoms with van der Waals surface area (Å²) in [6, 6.07) is 7.19. The first-order chi connectivity index (χ1) is 10.5. The number of fused-ring (bicyclic) bond motifs is 1. The number of aromatic nitrogens is 2. The van der Waals surface area contributed by atoms with Crippen molar-refractivity contribution in [1.29, 1.82) is 0 Å². The molecule has 0 radical (unpaired) electrons. The number of hydrogen-bond donors (Lipinski definition) is 1. The van der Waals surface area contributed by atoms with E-state index in [0.29, 0.717) is 16.2 Å². The number of anilines is 1. The molecule has 0 aliphatic rings. The van der Waals surface area contributed by atoms with Crippen molar-refractivity contribution in [2.75, 3.05) is 5.32 Å². The Hall–Kier alpha value is -2.47. The quantitative estimate of drug-likeness (QED) is 0.791. The average molecular weight is 313 g/mol. The molecule has 0 atom stereocenters. The first kappa shape index (κ1) is 14.5. The van der Waals surface area contributed by atoms with Gasteiger partial charge in [-0.2, -0.15) is 0 Å². The molecule has 0 unspecified atom stereocenters. The van der Waals surface area contributed by atoms with Crippen molar-refractivity contribution >= 4 is 27.9 Å². The smallest absolute Gasteiger partial charge is 0.282 e. The Morgan fingerprint density at radius 1 is 1.18 bits per heavy atom. The Bertz CT molecular complexity index is 923. The lowest BCUT2D eigenvalue weighted by molar-refractivity contribution is 0.102. The Labute approximate surface area is 131 Å². The molecule has 5 nitrogen and oxygen atoms in total. The van der Waals surface area contributed by atoms with Gasteiger partial charge in [0.2, 0.25) is 0 Å². The molecule has 0 fully saturated rings. The minimum atomic E-state index is -0.311. The Balaban J connectivity index is 2.01. The highest BCUT2D eigenvalue weighted by atomic mass is 32.1. The summed E-state index contributed by atoms with van der Waals surface area (Å²) >= 11 is 1.45. The van der Waals surface area contributed by atoms with Crippen LogP contribution in [0.3, 0.4) is 0 Å². The lowest BCUT2D eigenvalue weighted by atomic mass is 10.1. The Morgan fingerprint density at radius 2 is 1.86 bits per heavy atom. The van der Waals surface area contributed by atoms with Gasteiger partial charge in [0.15, 0.2) is 4.96 Å². The molecule has 112 valence electrons. The fraction of sp³-hybridized carbons (Fsp3) is 0.188. The zero-order valence-electron chi connectivity index (χ0n) is 12.5. The average Bonchev–Trinajstić information content (AvgIpc) is 2.84. The first-order valence-corrected chi connectivity index (χ1v) is 7.65. The molecule has 1 N–H and O–H groups in total. The lowest BCUT2D eigenvalue weighted by Gasteiger charge is -2.07. The van der Waals surface area contributed by atoms with E-state index in [0.717, 1.165) is 10.4 Å². The molecule has 0 spiro atoms. The van der Waals surface area contributed by atoms with Crippen LogP contribution in [0, 0.1) is 20.8 Å². The van der Waals surface area contributed by atoms with Crippen LogP contribution in [0.25, 0.3) is 4.96 Å². The number of hydrogen-bond acceptors (Lipinski definition) is 4. The van der Waals surface area contributed by atoms with Gasteiger partial charge in [-0.3, -0.25) is 14.0 Å². The minimum absolute atomic E-state index is 0.223. The van der Waals surface area contributed by atoms with Crippen LogP contribution in [-0.2, 0) is 0 Å². The Morgan fingerprint density at radius 3 is 2.55 bits per heavy atom. The fourth-order valence-electron chi connectivity index (χ4n) is 2.19. The number of aryl methyl sites for hydroxylation is 3. The molecule has 6 heteroatoms. The predicted octanol–water partition coefficient (Wildman–Crippen LogP) is 2.93. The van der Waals surface area contributed by atoms with E-state index >= 15 is 0 Å². The molecular formula is C16H15N3O2S. The Kier molecular flexibility index (Phi) is 3.54. The topological polar surface area (TPSA) is 63.5 Å². The number of carbonyl (C=O) groups excluding carboxylic acids is 1. The number of amides is 1. The van der Waals surface area contributed by atoms with Crippen molar-refractivity contribution < 1.29 is 4.79 Å². The van der Waals surface area contributed by atoms with Crippen LogP contribution in [0.15, 0.2) is 35.3 Å². The van der Waals surface area contributed by atoms with Gasteiger partial charge in [-0.1, -0.05) is 17.7 Å². The number of carbonyl (C=O) groups is 1. The summed E-state index contributed by atoms with van der Waals surface area (Å²) in [7, 11) is 0. The van der Waals surface area contributed by atoms with Gasteiger partial charge in [0, 0.05) is 16.6 Å². The summed E-state index contributed by atoms with van der Waals surface area (Å²) in [5.74, 6) is -0.311. The van der Waals surface area contributed by atoms with Gasteiger partial charge in [0.1, 0.15) is 5.69 Å². The highest BCUT2D eigenvalue weighted by molar-refractivity contribution is 7.16. The third-order valence-electron chi connectivity index (χ3n) is 3.38. The van der Waals surface area contributed by atoms with Crippen molar-refractivity contribution in [1.82, 2.24) is 9.38 Å². The van der Waals surface area contributed by atoms with Crippen LogP contribution in [0.2, 0.25) is 0 Å². The summed E-state index contributed by atoms with van der Waals surface area (Å²) in [6.45, 7) is 5.59. The van der Waals surface area contributed by atoms with Crippen LogP contribution in [-0.4, -0.2) is 15.3 Å². The number of benzene rings is 1. The fourth-order valence-corrected chi connectivity index (χ4v) is 3.05. The van der Waals surface area contributed by atoms with Gasteiger partial charge in [-0.25, -0.2) is 4.98 Å². The monoisotopic (exact) mass is 313 g/mol. The summed E-state index contributed by atoms with van der Waals surface area (Å²) in [5, 5.41) is 2.69. The van der Waals surface area contributed by atoms with E-state index in [9.17, 15) is 9.59 Å². The van der Waals surface area contributed by atoms with Crippen molar-refractivity contribution in [2.24, 2.45) is 0 Å². The van der Waals surface area contributed by atoms with Crippen LogP contribution >= 0.6 is 11.3 Å². The standard InChI is InChI=1S/C16H15N3O2S/c1-9-4-6-12(7-5-9)14(20)18-13-11(3)17-16-19(15(13)21)8-10(2)22-16/h4-8H,1-3H3,(H,18,20). The molecule has 2 heterocycles. The number of thiazole rings is 1. The van der Waals surface area contributed by atoms with Crippen molar-refractivity contribution in [2.45, 2.75) is 20.8 Å². The first-order valence-electron chi connectivity index (χ1n) is 6.83. The van der Waals surface area contributed by atoms with E-state index < -0.39 is 0 Å². The van der Waals surface area contributed by atoms with Crippen LogP contribution in [0.1, 0.15) is 26.5 Å². The van der Waals surface area contributed by atoms with Crippen LogP contribution < -0.4 is 10.9 Å². The van der Waals surface area contributed by atoms with Gasteiger partial charge < -0.3 is 5.32 Å². The molecule has 1 amide bonds. The molecular weight excluding hydrogens is 298 g/mol. The number of nitrogens with zero attached hydrogens (tertiary/aromatic N) is 2. The van der Waals surface area contributed by atoms with E-state index in [1.165, 1.54) is 15.7 Å². The van der Waals surface area contributed by atoms with E-state index in [-0.39, 0.29) is 17.2 Å². The van der Waals surface area contributed by atoms with E-state index in [1.807, 2.05) is 26.0 Å². The SMILES string of the molecule is Cc1ccc(C(=O)Nc2c(C)nc3sc(C)cn3c2=O)cc1. The number of rotatable bonds is 2. The normalized spacial score (nSPS) is 10.9. The molecule has 0 saturated carbocycles. The molecule has 1 aromatic carbocycles. The predicted molar refractivity (Wildman–Crippen MR) is 87.9 cm³/mol. The third-order valence-corrected chi connectivity index (χ3v) is 4.28. The molecule has 3 rings (SSSR count). The maximum absolute atomic E-state index is 12.5. The second-order valence-electron chi connectivity index (χ2n) is 5.19. The van der Waals surface area contributed by atoms with Gasteiger partial charge in [-0.15, -0.1) is 11.3 Å². The van der Waals surface area contributed by atoms with Gasteiger partial charge in [0.05, 0.1) is 5.69 Å². The van der Waals surface area contributed by atoms with Gasteiger partial charge >= 0.3 is 0 Å². The second kappa shape index (κ2) is 5.38. The van der Waals surface area contributed by atoms with Gasteiger partial charge in [-0.05, 0) is 32.9 Å². The largest absolute Gasteiger partial charge is 0.316 e. The number of nitrogens with one attached hydrogen (secondary N) is 1. The molecule has 0 aliphatic heterocycles. The molecule has 0 saturated heterocycles. The van der Waals surface area contributed by atoms with Gasteiger partial charge in [0.25, 0.3) is 11.5 Å². The van der Waals surface area contributed by atoms with Crippen molar-refractivity contribution in [3.8, 4) is 0 Å². The molecule has 3 aromatic rings. The zero-order chi connectivity index (χ0) is 15.9. The second-order valence-corrected chi connectivity index (χ2v) is 6.41. The van der Waals surface area contributed by atoms with E-state index in [1.54, 1.807) is 25.3 Å². The maximum Gasteiger partial charge on any atom is 0.282 e. The zero-order valence-corrected chi connectivity index (χ0v) is 13.3. The van der Waals surface area contributed by atoms with Crippen molar-refractivity contribution in [3.63, 3.8) is 0 Å². The highest BCUT2D eigenvalue weighted by Crippen LogP contribution is 2.17. The summed E-state index contributed by atoms with van der Waals surface area (Å²) in [5.41, 5.74) is 2.07. The summed E-state index contributed by atoms with van der Waals surface area (Å²) in [4.78, 5) is 30.8. The van der Waals surface area contributed by atoms with E-state index in [2.05, 4.69) is 10.3 Å².